The van der Waals surface area contributed by atoms with Crippen molar-refractivity contribution in [2.24, 2.45) is 5.10 Å². The number of nitrogens with zero attached hydrogens (tertiary/aromatic N) is 4. The standard InChI is InChI=1S/C24H23N5O2S/c1-3-29-23(18-11-13-20(31-2)14-12-18)27-28-24(29)32-16-22(30)26-25-15-19-9-6-8-17-7-4-5-10-21(17)19/h4-15H,3,16H2,1-2H3,(H,26,30)/b25-15-. The summed E-state index contributed by atoms with van der Waals surface area (Å²) in [4.78, 5) is 12.3. The Morgan fingerprint density at radius 3 is 2.66 bits per heavy atom. The van der Waals surface area contributed by atoms with Crippen molar-refractivity contribution < 1.29 is 9.53 Å². The molecular weight excluding hydrogens is 422 g/mol. The summed E-state index contributed by atoms with van der Waals surface area (Å²) in [6.45, 7) is 2.71. The van der Waals surface area contributed by atoms with Crippen molar-refractivity contribution in [3.63, 3.8) is 0 Å². The number of hydrogen-bond acceptors (Lipinski definition) is 6. The molecule has 3 aromatic carbocycles. The van der Waals surface area contributed by atoms with Gasteiger partial charge in [-0.1, -0.05) is 54.2 Å². The van der Waals surface area contributed by atoms with Crippen molar-refractivity contribution in [3.05, 3.63) is 72.3 Å². The van der Waals surface area contributed by atoms with Gasteiger partial charge in [0.1, 0.15) is 5.75 Å². The maximum absolute atomic E-state index is 12.3. The van der Waals surface area contributed by atoms with Gasteiger partial charge in [-0.05, 0) is 42.0 Å². The predicted molar refractivity (Wildman–Crippen MR) is 128 cm³/mol. The third kappa shape index (κ3) is 4.81. The van der Waals surface area contributed by atoms with Crippen LogP contribution in [0, 0.1) is 0 Å². The molecule has 4 aromatic rings. The molecule has 0 aliphatic heterocycles. The van der Waals surface area contributed by atoms with Crippen molar-refractivity contribution in [1.29, 1.82) is 0 Å². The smallest absolute Gasteiger partial charge is 0.250 e. The number of hydrogen-bond donors (Lipinski definition) is 1. The van der Waals surface area contributed by atoms with E-state index in [1.807, 2.05) is 78.2 Å². The summed E-state index contributed by atoms with van der Waals surface area (Å²) < 4.78 is 7.20. The largest absolute Gasteiger partial charge is 0.497 e. The molecule has 8 heteroatoms. The van der Waals surface area contributed by atoms with Crippen LogP contribution >= 0.6 is 11.8 Å². The highest BCUT2D eigenvalue weighted by Gasteiger charge is 2.14. The Hall–Kier alpha value is -3.65. The normalized spacial score (nSPS) is 11.2. The molecule has 4 rings (SSSR count). The molecule has 7 nitrogen and oxygen atoms in total. The Kier molecular flexibility index (Phi) is 6.81. The molecule has 0 fully saturated rings. The lowest BCUT2D eigenvalue weighted by atomic mass is 10.1. The average Bonchev–Trinajstić information content (AvgIpc) is 3.26. The van der Waals surface area contributed by atoms with Crippen LogP contribution in [0.2, 0.25) is 0 Å². The summed E-state index contributed by atoms with van der Waals surface area (Å²) in [7, 11) is 1.63. The minimum absolute atomic E-state index is 0.188. The summed E-state index contributed by atoms with van der Waals surface area (Å²) in [5.74, 6) is 1.52. The molecule has 0 saturated carbocycles. The zero-order chi connectivity index (χ0) is 22.3. The number of benzene rings is 3. The highest BCUT2D eigenvalue weighted by atomic mass is 32.2. The minimum atomic E-state index is -0.205. The number of rotatable bonds is 8. The monoisotopic (exact) mass is 445 g/mol. The Labute approximate surface area is 190 Å². The number of nitrogens with one attached hydrogen (secondary N) is 1. The molecule has 0 spiro atoms. The van der Waals surface area contributed by atoms with Gasteiger partial charge in [-0.25, -0.2) is 5.43 Å². The Bertz CT molecular complexity index is 1250. The van der Waals surface area contributed by atoms with Gasteiger partial charge < -0.3 is 9.30 Å². The SMILES string of the molecule is CCn1c(SCC(=O)N/N=C\c2cccc3ccccc23)nnc1-c1ccc(OC)cc1. The minimum Gasteiger partial charge on any atom is -0.497 e. The maximum atomic E-state index is 12.3. The highest BCUT2D eigenvalue weighted by molar-refractivity contribution is 7.99. The van der Waals surface area contributed by atoms with Gasteiger partial charge in [0.15, 0.2) is 11.0 Å². The van der Waals surface area contributed by atoms with Crippen molar-refractivity contribution in [1.82, 2.24) is 20.2 Å². The second kappa shape index (κ2) is 10.1. The van der Waals surface area contributed by atoms with Gasteiger partial charge in [0, 0.05) is 17.7 Å². The molecule has 0 aliphatic carbocycles. The molecule has 1 N–H and O–H groups in total. The molecule has 0 unspecified atom stereocenters. The van der Waals surface area contributed by atoms with Crippen LogP contribution in [0.5, 0.6) is 5.75 Å². The molecule has 1 heterocycles. The zero-order valence-corrected chi connectivity index (χ0v) is 18.7. The fourth-order valence-corrected chi connectivity index (χ4v) is 4.13. The van der Waals surface area contributed by atoms with Crippen LogP contribution in [0.3, 0.4) is 0 Å². The van der Waals surface area contributed by atoms with Crippen LogP contribution in [0.1, 0.15) is 12.5 Å². The van der Waals surface area contributed by atoms with Gasteiger partial charge in [0.2, 0.25) is 0 Å². The van der Waals surface area contributed by atoms with E-state index in [1.54, 1.807) is 13.3 Å². The molecule has 32 heavy (non-hydrogen) atoms. The summed E-state index contributed by atoms with van der Waals surface area (Å²) in [5.41, 5.74) is 4.48. The number of methoxy groups -OCH3 is 1. The highest BCUT2D eigenvalue weighted by Crippen LogP contribution is 2.25. The molecule has 0 aliphatic rings. The summed E-state index contributed by atoms with van der Waals surface area (Å²) in [5, 5.41) is 15.6. The van der Waals surface area contributed by atoms with E-state index >= 15 is 0 Å². The van der Waals surface area contributed by atoms with Gasteiger partial charge in [-0.3, -0.25) is 4.79 Å². The van der Waals surface area contributed by atoms with Crippen molar-refractivity contribution in [3.8, 4) is 17.1 Å². The molecular formula is C24H23N5O2S. The van der Waals surface area contributed by atoms with E-state index in [-0.39, 0.29) is 11.7 Å². The second-order valence-corrected chi connectivity index (χ2v) is 7.87. The Balaban J connectivity index is 1.38. The first-order chi connectivity index (χ1) is 15.7. The first kappa shape index (κ1) is 21.6. The number of hydrazone groups is 1. The first-order valence-corrected chi connectivity index (χ1v) is 11.2. The predicted octanol–water partition coefficient (Wildman–Crippen LogP) is 4.37. The van der Waals surface area contributed by atoms with E-state index in [1.165, 1.54) is 11.8 Å². The number of ether oxygens (including phenoxy) is 1. The van der Waals surface area contributed by atoms with Crippen LogP contribution < -0.4 is 10.2 Å². The van der Waals surface area contributed by atoms with Gasteiger partial charge in [-0.15, -0.1) is 10.2 Å². The third-order valence-electron chi connectivity index (χ3n) is 4.93. The van der Waals surface area contributed by atoms with Crippen LogP contribution in [-0.4, -0.2) is 39.7 Å². The lowest BCUT2D eigenvalue weighted by Gasteiger charge is -2.07. The van der Waals surface area contributed by atoms with Gasteiger partial charge >= 0.3 is 0 Å². The molecule has 0 atom stereocenters. The fraction of sp³-hybridized carbons (Fsp3) is 0.167. The lowest BCUT2D eigenvalue weighted by Crippen LogP contribution is -2.20. The number of carbonyl (C=O) groups is 1. The van der Waals surface area contributed by atoms with Gasteiger partial charge in [0.25, 0.3) is 5.91 Å². The van der Waals surface area contributed by atoms with Crippen molar-refractivity contribution in [2.45, 2.75) is 18.6 Å². The Morgan fingerprint density at radius 1 is 1.09 bits per heavy atom. The van der Waals surface area contributed by atoms with Gasteiger partial charge in [-0.2, -0.15) is 5.10 Å². The number of carbonyl (C=O) groups excluding carboxylic acids is 1. The van der Waals surface area contributed by atoms with Gasteiger partial charge in [0.05, 0.1) is 19.1 Å². The van der Waals surface area contributed by atoms with E-state index in [0.29, 0.717) is 11.7 Å². The Morgan fingerprint density at radius 2 is 1.88 bits per heavy atom. The van der Waals surface area contributed by atoms with E-state index in [4.69, 9.17) is 4.74 Å². The van der Waals surface area contributed by atoms with E-state index in [9.17, 15) is 4.79 Å². The van der Waals surface area contributed by atoms with Crippen molar-refractivity contribution >= 4 is 34.7 Å². The topological polar surface area (TPSA) is 81.4 Å². The zero-order valence-electron chi connectivity index (χ0n) is 17.9. The summed E-state index contributed by atoms with van der Waals surface area (Å²) in [6, 6.07) is 21.7. The van der Waals surface area contributed by atoms with E-state index < -0.39 is 0 Å². The first-order valence-electron chi connectivity index (χ1n) is 10.2. The second-order valence-electron chi connectivity index (χ2n) is 6.93. The number of thioether (sulfide) groups is 1. The van der Waals surface area contributed by atoms with Crippen LogP contribution in [0.15, 0.2) is 77.0 Å². The molecule has 1 aromatic heterocycles. The molecule has 0 radical (unpaired) electrons. The number of fused-ring (bicyclic) bond motifs is 1. The van der Waals surface area contributed by atoms with E-state index in [2.05, 4.69) is 20.7 Å². The molecule has 0 bridgehead atoms. The summed E-state index contributed by atoms with van der Waals surface area (Å²) >= 11 is 1.33. The molecule has 0 saturated heterocycles. The van der Waals surface area contributed by atoms with Crippen LogP contribution in [0.4, 0.5) is 0 Å². The number of aromatic nitrogens is 3. The number of amides is 1. The van der Waals surface area contributed by atoms with E-state index in [0.717, 1.165) is 33.5 Å². The van der Waals surface area contributed by atoms with Crippen LogP contribution in [0.25, 0.3) is 22.2 Å². The molecule has 1 amide bonds. The molecule has 162 valence electrons. The van der Waals surface area contributed by atoms with Crippen molar-refractivity contribution in [2.75, 3.05) is 12.9 Å². The average molecular weight is 446 g/mol. The quantitative estimate of drug-likeness (QED) is 0.247. The maximum Gasteiger partial charge on any atom is 0.250 e. The lowest BCUT2D eigenvalue weighted by molar-refractivity contribution is -0.118. The third-order valence-corrected chi connectivity index (χ3v) is 5.90. The van der Waals surface area contributed by atoms with Crippen LogP contribution in [-0.2, 0) is 11.3 Å². The summed E-state index contributed by atoms with van der Waals surface area (Å²) in [6.07, 6.45) is 1.67. The fourth-order valence-electron chi connectivity index (χ4n) is 3.33.